The summed E-state index contributed by atoms with van der Waals surface area (Å²) in [5.74, 6) is -1.53. The van der Waals surface area contributed by atoms with E-state index in [0.717, 1.165) is 48.1 Å². The van der Waals surface area contributed by atoms with Gasteiger partial charge >= 0.3 is 6.09 Å². The van der Waals surface area contributed by atoms with Crippen molar-refractivity contribution in [2.75, 3.05) is 45.4 Å². The first-order valence-electron chi connectivity index (χ1n) is 28.7. The average molecular weight is 1170 g/mol. The molecule has 0 radical (unpaired) electrons. The number of anilines is 1. The van der Waals surface area contributed by atoms with Crippen LogP contribution in [0.2, 0.25) is 0 Å². The minimum Gasteiger partial charge on any atom is -0.491 e. The van der Waals surface area contributed by atoms with E-state index in [1.54, 1.807) is 69.1 Å². The number of carbonyl (C=O) groups excluding carboxylic acids is 5. The molecule has 6 aromatic rings. The van der Waals surface area contributed by atoms with E-state index < -0.39 is 64.6 Å². The average Bonchev–Trinajstić information content (AvgIpc) is 2.25. The zero-order valence-corrected chi connectivity index (χ0v) is 49.6. The van der Waals surface area contributed by atoms with Crippen molar-refractivity contribution in [1.29, 1.82) is 0 Å². The number of aryl methyl sites for hydroxylation is 1. The molecule has 2 aliphatic rings. The highest BCUT2D eigenvalue weighted by Crippen LogP contribution is 2.34. The molecule has 4 N–H and O–H groups in total. The van der Waals surface area contributed by atoms with Gasteiger partial charge in [-0.15, -0.1) is 10.2 Å². The lowest BCUT2D eigenvalue weighted by atomic mass is 9.83. The second-order valence-corrected chi connectivity index (χ2v) is 23.3. The Balaban J connectivity index is 0.838. The van der Waals surface area contributed by atoms with Crippen LogP contribution in [0.4, 0.5) is 19.3 Å². The van der Waals surface area contributed by atoms with Gasteiger partial charge in [-0.3, -0.25) is 24.1 Å². The minimum absolute atomic E-state index is 0.0782. The van der Waals surface area contributed by atoms with E-state index in [4.69, 9.17) is 18.9 Å². The number of hydrogen-bond acceptors (Lipinski definition) is 14. The first-order chi connectivity index (χ1) is 40.6. The van der Waals surface area contributed by atoms with Gasteiger partial charge in [0.1, 0.15) is 59.7 Å². The molecule has 20 nitrogen and oxygen atoms in total. The fourth-order valence-corrected chi connectivity index (χ4v) is 10.1. The number of rotatable bonds is 24. The van der Waals surface area contributed by atoms with Crippen molar-refractivity contribution in [3.8, 4) is 17.3 Å². The van der Waals surface area contributed by atoms with Gasteiger partial charge < -0.3 is 49.7 Å². The molecule has 4 aromatic carbocycles. The van der Waals surface area contributed by atoms with Crippen LogP contribution in [-0.2, 0) is 67.6 Å². The molecule has 4 atom stereocenters. The molecule has 85 heavy (non-hydrogen) atoms. The molecule has 3 heterocycles. The SMILES string of the molecule is C[C@@H](C(=O)NC(C(=O)N1Cc2cc(OCCOCCOCCCn3c(CNc4cccc(C(=O)NCc5c(F)cccc5F)c4)nnc3-c3ccncn3)ccc2C[C@H]1C(=O)N[C@@H]1CCCc2ccccc21)C(C)(C)C)N(C)C(=O)OC(C)(C)C. The lowest BCUT2D eigenvalue weighted by Gasteiger charge is -2.42. The van der Waals surface area contributed by atoms with Gasteiger partial charge in [-0.2, -0.15) is 0 Å². The monoisotopic (exact) mass is 1170 g/mol. The molecule has 2 aromatic heterocycles. The zero-order chi connectivity index (χ0) is 60.8. The standard InChI is InChI=1S/C63H77F2N11O9/c1-40(74(8)61(81)85-63(5,6)7)57(77)71-55(62(2,3)4)60(80)76-38-44-34-46(24-23-42(44)35-53(76)59(79)70-51-22-12-16-41-15-9-10-19-47(41)51)84-32-31-83-30-29-82-28-14-27-75-54(72-73-56(75)52-25-26-66-39-69-52)37-67-45-18-11-17-43(33-45)58(78)68-36-48-49(64)20-13-21-50(48)65/h9-11,13,15,17-21,23-26,33-34,39-40,51,53,55,67H,12,14,16,22,27-32,35-38H2,1-8H3,(H,68,78)(H,70,79)(H,71,77)/t40-,51+,53-,55?/m0/s1. The van der Waals surface area contributed by atoms with Gasteiger partial charge in [0.2, 0.25) is 17.7 Å². The highest BCUT2D eigenvalue weighted by molar-refractivity contribution is 5.96. The number of carbonyl (C=O) groups is 5. The number of nitrogens with zero attached hydrogens (tertiary/aromatic N) is 7. The summed E-state index contributed by atoms with van der Waals surface area (Å²) in [6.07, 6.45) is 5.82. The number of fused-ring (bicyclic) bond motifs is 2. The zero-order valence-electron chi connectivity index (χ0n) is 49.6. The van der Waals surface area contributed by atoms with Gasteiger partial charge in [-0.05, 0) is 130 Å². The molecule has 0 spiro atoms. The maximum atomic E-state index is 15.1. The van der Waals surface area contributed by atoms with E-state index in [-0.39, 0.29) is 56.8 Å². The second-order valence-electron chi connectivity index (χ2n) is 23.3. The van der Waals surface area contributed by atoms with Gasteiger partial charge in [-0.25, -0.2) is 23.5 Å². The van der Waals surface area contributed by atoms with Crippen LogP contribution in [0.15, 0.2) is 104 Å². The predicted molar refractivity (Wildman–Crippen MR) is 314 cm³/mol. The molecule has 1 aliphatic heterocycles. The molecule has 8 rings (SSSR count). The summed E-state index contributed by atoms with van der Waals surface area (Å²) in [4.78, 5) is 80.7. The first kappa shape index (κ1) is 62.7. The van der Waals surface area contributed by atoms with E-state index in [1.165, 1.54) is 29.9 Å². The molecule has 5 amide bonds. The molecular weight excluding hydrogens is 1090 g/mol. The van der Waals surface area contributed by atoms with Crippen molar-refractivity contribution < 1.29 is 51.7 Å². The van der Waals surface area contributed by atoms with Gasteiger partial charge in [0, 0.05) is 62.7 Å². The van der Waals surface area contributed by atoms with E-state index >= 15 is 4.79 Å². The molecule has 0 saturated heterocycles. The van der Waals surface area contributed by atoms with Crippen LogP contribution < -0.4 is 26.0 Å². The summed E-state index contributed by atoms with van der Waals surface area (Å²) < 4.78 is 53.8. The number of nitrogens with one attached hydrogen (secondary N) is 4. The Labute approximate surface area is 494 Å². The molecule has 1 unspecified atom stereocenters. The predicted octanol–water partition coefficient (Wildman–Crippen LogP) is 8.29. The molecule has 1 aliphatic carbocycles. The molecule has 0 bridgehead atoms. The lowest BCUT2D eigenvalue weighted by Crippen LogP contribution is -2.62. The Morgan fingerprint density at radius 2 is 1.55 bits per heavy atom. The summed E-state index contributed by atoms with van der Waals surface area (Å²) >= 11 is 0. The summed E-state index contributed by atoms with van der Waals surface area (Å²) in [7, 11) is 1.48. The number of aromatic nitrogens is 5. The highest BCUT2D eigenvalue weighted by Gasteiger charge is 2.44. The molecule has 0 fully saturated rings. The van der Waals surface area contributed by atoms with Crippen LogP contribution in [0, 0.1) is 17.0 Å². The van der Waals surface area contributed by atoms with E-state index in [0.29, 0.717) is 67.1 Å². The Morgan fingerprint density at radius 3 is 2.29 bits per heavy atom. The van der Waals surface area contributed by atoms with Gasteiger partial charge in [0.15, 0.2) is 11.6 Å². The Hall–Kier alpha value is -8.37. The third-order valence-electron chi connectivity index (χ3n) is 14.9. The maximum Gasteiger partial charge on any atom is 0.410 e. The van der Waals surface area contributed by atoms with Crippen LogP contribution in [-0.4, -0.2) is 128 Å². The van der Waals surface area contributed by atoms with Crippen molar-refractivity contribution in [2.24, 2.45) is 5.41 Å². The van der Waals surface area contributed by atoms with Crippen LogP contribution in [0.1, 0.15) is 118 Å². The third kappa shape index (κ3) is 16.7. The molecule has 22 heteroatoms. The fraction of sp³-hybridized carbons (Fsp3) is 0.444. The highest BCUT2D eigenvalue weighted by atomic mass is 19.1. The number of benzene rings is 4. The lowest BCUT2D eigenvalue weighted by molar-refractivity contribution is -0.147. The normalized spacial score (nSPS) is 15.6. The molecular formula is C63H77F2N11O9. The minimum atomic E-state index is -1.07. The van der Waals surface area contributed by atoms with Crippen molar-refractivity contribution in [3.63, 3.8) is 0 Å². The largest absolute Gasteiger partial charge is 0.491 e. The van der Waals surface area contributed by atoms with Crippen LogP contribution in [0.5, 0.6) is 5.75 Å². The summed E-state index contributed by atoms with van der Waals surface area (Å²) in [6, 6.07) is 22.6. The summed E-state index contributed by atoms with van der Waals surface area (Å²) in [5.41, 5.74) is 3.65. The number of amides is 5. The van der Waals surface area contributed by atoms with E-state index in [1.807, 2.05) is 61.7 Å². The number of ether oxygens (including phenoxy) is 4. The van der Waals surface area contributed by atoms with Crippen LogP contribution >= 0.6 is 0 Å². The van der Waals surface area contributed by atoms with Gasteiger partial charge in [-0.1, -0.05) is 63.2 Å². The smallest absolute Gasteiger partial charge is 0.410 e. The topological polar surface area (TPSA) is 233 Å². The summed E-state index contributed by atoms with van der Waals surface area (Å²) in [5, 5.41) is 21.0. The molecule has 452 valence electrons. The first-order valence-corrected chi connectivity index (χ1v) is 28.7. The number of halogens is 2. The van der Waals surface area contributed by atoms with Gasteiger partial charge in [0.05, 0.1) is 32.4 Å². The van der Waals surface area contributed by atoms with Crippen LogP contribution in [0.25, 0.3) is 11.5 Å². The van der Waals surface area contributed by atoms with Crippen molar-refractivity contribution in [2.45, 2.75) is 137 Å². The number of hydrogen-bond donors (Lipinski definition) is 4. The number of likely N-dealkylation sites (N-methyl/N-ethyl adjacent to an activating group) is 1. The quantitative estimate of drug-likeness (QED) is 0.0418. The molecule has 0 saturated carbocycles. The second kappa shape index (κ2) is 28.5. The van der Waals surface area contributed by atoms with Crippen molar-refractivity contribution >= 4 is 35.4 Å². The third-order valence-corrected chi connectivity index (χ3v) is 14.9. The van der Waals surface area contributed by atoms with Crippen molar-refractivity contribution in [1.82, 2.24) is 50.5 Å². The Bertz CT molecular complexity index is 3280. The maximum absolute atomic E-state index is 15.1. The Kier molecular flexibility index (Phi) is 21.0. The van der Waals surface area contributed by atoms with E-state index in [2.05, 4.69) is 47.5 Å². The van der Waals surface area contributed by atoms with E-state index in [9.17, 15) is 28.0 Å². The fourth-order valence-electron chi connectivity index (χ4n) is 10.1. The van der Waals surface area contributed by atoms with Gasteiger partial charge in [0.25, 0.3) is 5.91 Å². The van der Waals surface area contributed by atoms with Crippen molar-refractivity contribution in [3.05, 3.63) is 154 Å². The summed E-state index contributed by atoms with van der Waals surface area (Å²) in [6.45, 7) is 14.4. The van der Waals surface area contributed by atoms with Crippen LogP contribution in [0.3, 0.4) is 0 Å². The Morgan fingerprint density at radius 1 is 0.812 bits per heavy atom.